The normalized spacial score (nSPS) is 11.8. The highest BCUT2D eigenvalue weighted by Crippen LogP contribution is 2.26. The van der Waals surface area contributed by atoms with Gasteiger partial charge in [0.1, 0.15) is 11.5 Å². The fraction of sp³-hybridized carbons (Fsp3) is 0.333. The zero-order chi connectivity index (χ0) is 15.2. The molecule has 1 unspecified atom stereocenters. The monoisotopic (exact) mass is 289 g/mol. The molecule has 0 spiro atoms. The Balaban J connectivity index is 2.02. The number of nitrogens with zero attached hydrogens (tertiary/aromatic N) is 2. The van der Waals surface area contributed by atoms with Crippen molar-refractivity contribution in [2.45, 2.75) is 19.4 Å². The van der Waals surface area contributed by atoms with Crippen LogP contribution in [0.3, 0.4) is 0 Å². The van der Waals surface area contributed by atoms with Crippen LogP contribution >= 0.6 is 0 Å². The van der Waals surface area contributed by atoms with Crippen LogP contribution < -0.4 is 14.8 Å². The van der Waals surface area contributed by atoms with Crippen LogP contribution in [0.15, 0.2) is 36.7 Å². The van der Waals surface area contributed by atoms with Crippen molar-refractivity contribution in [1.82, 2.24) is 9.78 Å². The van der Waals surface area contributed by atoms with E-state index in [1.165, 1.54) is 0 Å². The zero-order valence-corrected chi connectivity index (χ0v) is 12.4. The number of anilines is 1. The van der Waals surface area contributed by atoms with Gasteiger partial charge in [-0.25, -0.2) is 0 Å². The highest BCUT2D eigenvalue weighted by molar-refractivity contribution is 5.91. The van der Waals surface area contributed by atoms with Crippen LogP contribution in [0, 0.1) is 0 Å². The molecule has 1 N–H and O–H groups in total. The molecule has 1 aromatic carbocycles. The first-order chi connectivity index (χ1) is 10.1. The van der Waals surface area contributed by atoms with Gasteiger partial charge in [-0.2, -0.15) is 5.10 Å². The molecule has 0 aliphatic heterocycles. The number of amides is 1. The van der Waals surface area contributed by atoms with Crippen LogP contribution in [-0.4, -0.2) is 29.9 Å². The van der Waals surface area contributed by atoms with Crippen molar-refractivity contribution < 1.29 is 14.3 Å². The van der Waals surface area contributed by atoms with Gasteiger partial charge in [-0.3, -0.25) is 9.48 Å². The van der Waals surface area contributed by atoms with Gasteiger partial charge in [-0.1, -0.05) is 0 Å². The summed E-state index contributed by atoms with van der Waals surface area (Å²) >= 11 is 0. The van der Waals surface area contributed by atoms with Crippen LogP contribution in [0.25, 0.3) is 0 Å². The number of ether oxygens (including phenoxy) is 2. The molecule has 0 saturated heterocycles. The number of carbonyl (C=O) groups excluding carboxylic acids is 1. The Hall–Kier alpha value is -2.50. The maximum Gasteiger partial charge on any atom is 0.226 e. The summed E-state index contributed by atoms with van der Waals surface area (Å²) in [5.41, 5.74) is 0.642. The van der Waals surface area contributed by atoms with Crippen molar-refractivity contribution in [3.05, 3.63) is 36.7 Å². The zero-order valence-electron chi connectivity index (χ0n) is 12.4. The molecule has 21 heavy (non-hydrogen) atoms. The Labute approximate surface area is 123 Å². The number of hydrogen-bond donors (Lipinski definition) is 1. The summed E-state index contributed by atoms with van der Waals surface area (Å²) in [4.78, 5) is 12.1. The Morgan fingerprint density at radius 3 is 2.48 bits per heavy atom. The van der Waals surface area contributed by atoms with Crippen molar-refractivity contribution in [2.24, 2.45) is 0 Å². The Morgan fingerprint density at radius 2 is 1.95 bits per heavy atom. The lowest BCUT2D eigenvalue weighted by molar-refractivity contribution is -0.116. The van der Waals surface area contributed by atoms with E-state index in [0.29, 0.717) is 23.6 Å². The fourth-order valence-corrected chi connectivity index (χ4v) is 1.99. The summed E-state index contributed by atoms with van der Waals surface area (Å²) in [5, 5.41) is 6.97. The highest BCUT2D eigenvalue weighted by atomic mass is 16.5. The summed E-state index contributed by atoms with van der Waals surface area (Å²) in [6.45, 7) is 1.94. The van der Waals surface area contributed by atoms with Crippen molar-refractivity contribution in [1.29, 1.82) is 0 Å². The minimum atomic E-state index is -0.0895. The molecular formula is C15H19N3O3. The summed E-state index contributed by atoms with van der Waals surface area (Å²) in [6.07, 6.45) is 3.87. The van der Waals surface area contributed by atoms with E-state index in [1.807, 2.05) is 19.2 Å². The number of rotatable bonds is 6. The lowest BCUT2D eigenvalue weighted by Crippen LogP contribution is -2.17. The van der Waals surface area contributed by atoms with Gasteiger partial charge in [0.25, 0.3) is 0 Å². The number of methoxy groups -OCH3 is 2. The van der Waals surface area contributed by atoms with Gasteiger partial charge in [0.15, 0.2) is 0 Å². The minimum Gasteiger partial charge on any atom is -0.497 e. The van der Waals surface area contributed by atoms with E-state index in [2.05, 4.69) is 10.4 Å². The summed E-state index contributed by atoms with van der Waals surface area (Å²) in [5.74, 6) is 1.17. The van der Waals surface area contributed by atoms with Crippen LogP contribution in [0.5, 0.6) is 11.5 Å². The number of benzene rings is 1. The van der Waals surface area contributed by atoms with Gasteiger partial charge in [-0.15, -0.1) is 0 Å². The van der Waals surface area contributed by atoms with Crippen molar-refractivity contribution >= 4 is 11.6 Å². The minimum absolute atomic E-state index is 0.00694. The van der Waals surface area contributed by atoms with Crippen LogP contribution in [0.2, 0.25) is 0 Å². The maximum absolute atomic E-state index is 12.1. The summed E-state index contributed by atoms with van der Waals surface area (Å²) in [7, 11) is 3.14. The third-order valence-electron chi connectivity index (χ3n) is 3.09. The Bertz CT molecular complexity index is 574. The molecule has 1 amide bonds. The SMILES string of the molecule is COc1cc(NC(=O)CC(C)n2cccn2)cc(OC)c1. The fourth-order valence-electron chi connectivity index (χ4n) is 1.99. The van der Waals surface area contributed by atoms with Gasteiger partial charge in [0.05, 0.1) is 20.3 Å². The van der Waals surface area contributed by atoms with Crippen molar-refractivity contribution in [2.75, 3.05) is 19.5 Å². The second-order valence-electron chi connectivity index (χ2n) is 4.69. The van der Waals surface area contributed by atoms with Crippen LogP contribution in [0.4, 0.5) is 5.69 Å². The molecule has 1 aromatic heterocycles. The van der Waals surface area contributed by atoms with Crippen LogP contribution in [-0.2, 0) is 4.79 Å². The topological polar surface area (TPSA) is 65.4 Å². The third-order valence-corrected chi connectivity index (χ3v) is 3.09. The van der Waals surface area contributed by atoms with E-state index in [0.717, 1.165) is 0 Å². The molecule has 6 heteroatoms. The number of hydrogen-bond acceptors (Lipinski definition) is 4. The first kappa shape index (κ1) is 14.9. The molecule has 6 nitrogen and oxygen atoms in total. The molecule has 0 aliphatic carbocycles. The van der Waals surface area contributed by atoms with Gasteiger partial charge in [0, 0.05) is 42.7 Å². The lowest BCUT2D eigenvalue weighted by atomic mass is 10.2. The molecular weight excluding hydrogens is 270 g/mol. The van der Waals surface area contributed by atoms with E-state index < -0.39 is 0 Å². The van der Waals surface area contributed by atoms with Crippen LogP contribution in [0.1, 0.15) is 19.4 Å². The summed E-state index contributed by atoms with van der Waals surface area (Å²) in [6, 6.07) is 7.08. The summed E-state index contributed by atoms with van der Waals surface area (Å²) < 4.78 is 12.1. The molecule has 1 heterocycles. The second-order valence-corrected chi connectivity index (χ2v) is 4.69. The number of carbonyl (C=O) groups is 1. The average Bonchev–Trinajstić information content (AvgIpc) is 3.00. The third kappa shape index (κ3) is 3.98. The Morgan fingerprint density at radius 1 is 1.29 bits per heavy atom. The lowest BCUT2D eigenvalue weighted by Gasteiger charge is -2.13. The molecule has 0 aliphatic rings. The molecule has 0 fully saturated rings. The van der Waals surface area contributed by atoms with Gasteiger partial charge < -0.3 is 14.8 Å². The molecule has 0 saturated carbocycles. The molecule has 0 bridgehead atoms. The van der Waals surface area contributed by atoms with Crippen molar-refractivity contribution in [3.63, 3.8) is 0 Å². The predicted octanol–water partition coefficient (Wildman–Crippen LogP) is 2.49. The van der Waals surface area contributed by atoms with E-state index in [9.17, 15) is 4.79 Å². The first-order valence-corrected chi connectivity index (χ1v) is 6.64. The van der Waals surface area contributed by atoms with Gasteiger partial charge in [0.2, 0.25) is 5.91 Å². The van der Waals surface area contributed by atoms with Gasteiger partial charge >= 0.3 is 0 Å². The first-order valence-electron chi connectivity index (χ1n) is 6.64. The van der Waals surface area contributed by atoms with Gasteiger partial charge in [-0.05, 0) is 13.0 Å². The van der Waals surface area contributed by atoms with E-state index in [4.69, 9.17) is 9.47 Å². The average molecular weight is 289 g/mol. The smallest absolute Gasteiger partial charge is 0.226 e. The molecule has 112 valence electrons. The van der Waals surface area contributed by atoms with E-state index in [1.54, 1.807) is 43.3 Å². The standard InChI is InChI=1S/C15H19N3O3/c1-11(18-6-4-5-16-18)7-15(19)17-12-8-13(20-2)10-14(9-12)21-3/h4-6,8-11H,7H2,1-3H3,(H,17,19). The maximum atomic E-state index is 12.1. The Kier molecular flexibility index (Phi) is 4.81. The largest absolute Gasteiger partial charge is 0.497 e. The number of aromatic nitrogens is 2. The van der Waals surface area contributed by atoms with E-state index >= 15 is 0 Å². The van der Waals surface area contributed by atoms with Crippen molar-refractivity contribution in [3.8, 4) is 11.5 Å². The molecule has 1 atom stereocenters. The van der Waals surface area contributed by atoms with E-state index in [-0.39, 0.29) is 11.9 Å². The predicted molar refractivity (Wildman–Crippen MR) is 79.7 cm³/mol. The second kappa shape index (κ2) is 6.78. The number of nitrogens with one attached hydrogen (secondary N) is 1. The highest BCUT2D eigenvalue weighted by Gasteiger charge is 2.12. The molecule has 2 rings (SSSR count). The molecule has 2 aromatic rings. The molecule has 0 radical (unpaired) electrons. The quantitative estimate of drug-likeness (QED) is 0.887.